The monoisotopic (exact) mass is 364 g/mol. The minimum atomic E-state index is -0.503. The molecule has 0 amide bonds. The van der Waals surface area contributed by atoms with E-state index in [9.17, 15) is 10.1 Å². The van der Waals surface area contributed by atoms with Crippen LogP contribution in [-0.2, 0) is 0 Å². The predicted octanol–water partition coefficient (Wildman–Crippen LogP) is 4.95. The van der Waals surface area contributed by atoms with Crippen LogP contribution < -0.4 is 9.64 Å². The molecule has 0 N–H and O–H groups in total. The number of aryl methyl sites for hydroxylation is 2. The number of nitrogens with zero attached hydrogens (tertiary/aromatic N) is 4. The highest BCUT2D eigenvalue weighted by Crippen LogP contribution is 2.38. The van der Waals surface area contributed by atoms with Gasteiger partial charge in [0.05, 0.1) is 4.92 Å². The van der Waals surface area contributed by atoms with Crippen molar-refractivity contribution in [2.24, 2.45) is 0 Å². The molecule has 0 saturated heterocycles. The largest absolute Gasteiger partial charge is 0.434 e. The van der Waals surface area contributed by atoms with Gasteiger partial charge < -0.3 is 9.64 Å². The topological polar surface area (TPSA) is 81.4 Å². The fraction of sp³-hybridized carbons (Fsp3) is 0.200. The third-order valence-corrected chi connectivity index (χ3v) is 4.07. The van der Waals surface area contributed by atoms with Crippen LogP contribution in [0.2, 0.25) is 0 Å². The number of benzene rings is 2. The van der Waals surface area contributed by atoms with Gasteiger partial charge in [-0.2, -0.15) is 4.98 Å². The lowest BCUT2D eigenvalue weighted by Crippen LogP contribution is -2.19. The van der Waals surface area contributed by atoms with E-state index in [1.54, 1.807) is 17.0 Å². The van der Waals surface area contributed by atoms with Crippen LogP contribution >= 0.6 is 0 Å². The van der Waals surface area contributed by atoms with Crippen molar-refractivity contribution < 1.29 is 9.66 Å². The van der Waals surface area contributed by atoms with Crippen LogP contribution in [0.3, 0.4) is 0 Å². The summed E-state index contributed by atoms with van der Waals surface area (Å²) in [5.41, 5.74) is 2.68. The first-order valence-corrected chi connectivity index (χ1v) is 8.57. The van der Waals surface area contributed by atoms with Gasteiger partial charge in [-0.3, -0.25) is 10.1 Å². The molecule has 27 heavy (non-hydrogen) atoms. The molecule has 0 bridgehead atoms. The normalized spacial score (nSPS) is 10.5. The van der Waals surface area contributed by atoms with Crippen LogP contribution in [0.15, 0.2) is 54.9 Å². The van der Waals surface area contributed by atoms with Gasteiger partial charge in [-0.05, 0) is 50.6 Å². The Hall–Kier alpha value is -3.48. The zero-order valence-corrected chi connectivity index (χ0v) is 15.4. The van der Waals surface area contributed by atoms with E-state index in [1.165, 1.54) is 6.33 Å². The van der Waals surface area contributed by atoms with E-state index in [2.05, 4.69) is 9.97 Å². The number of hydrogen-bond donors (Lipinski definition) is 0. The maximum Gasteiger partial charge on any atom is 0.373 e. The van der Waals surface area contributed by atoms with Crippen molar-refractivity contribution in [1.82, 2.24) is 9.97 Å². The second-order valence-corrected chi connectivity index (χ2v) is 6.11. The minimum Gasteiger partial charge on any atom is -0.434 e. The standard InChI is InChI=1S/C20H20N4O3/c1-4-23(16-7-5-6-15(3)12-16)19-18(24(25)26)20(22-13-21-19)27-17-10-8-14(2)9-11-17/h5-13H,4H2,1-3H3. The highest BCUT2D eigenvalue weighted by Gasteiger charge is 2.29. The summed E-state index contributed by atoms with van der Waals surface area (Å²) in [6.45, 7) is 6.34. The number of anilines is 2. The lowest BCUT2D eigenvalue weighted by Gasteiger charge is -2.22. The highest BCUT2D eigenvalue weighted by molar-refractivity contribution is 5.71. The first kappa shape index (κ1) is 18.3. The molecule has 0 spiro atoms. The van der Waals surface area contributed by atoms with Gasteiger partial charge >= 0.3 is 11.6 Å². The van der Waals surface area contributed by atoms with Crippen molar-refractivity contribution in [1.29, 1.82) is 0 Å². The molecule has 0 saturated carbocycles. The molecular formula is C20H20N4O3. The predicted molar refractivity (Wildman–Crippen MR) is 104 cm³/mol. The lowest BCUT2D eigenvalue weighted by molar-refractivity contribution is -0.385. The van der Waals surface area contributed by atoms with Gasteiger partial charge in [0.25, 0.3) is 0 Å². The van der Waals surface area contributed by atoms with Crippen molar-refractivity contribution in [3.05, 3.63) is 76.1 Å². The van der Waals surface area contributed by atoms with E-state index < -0.39 is 4.92 Å². The fourth-order valence-corrected chi connectivity index (χ4v) is 2.75. The van der Waals surface area contributed by atoms with Crippen LogP contribution in [0, 0.1) is 24.0 Å². The molecule has 138 valence electrons. The Morgan fingerprint density at radius 1 is 1.07 bits per heavy atom. The Bertz CT molecular complexity index is 958. The second-order valence-electron chi connectivity index (χ2n) is 6.11. The molecule has 3 rings (SSSR count). The molecule has 2 aromatic carbocycles. The van der Waals surface area contributed by atoms with Gasteiger partial charge in [-0.25, -0.2) is 4.98 Å². The summed E-state index contributed by atoms with van der Waals surface area (Å²) in [5.74, 6) is 0.595. The Kier molecular flexibility index (Phi) is 5.30. The lowest BCUT2D eigenvalue weighted by atomic mass is 10.2. The van der Waals surface area contributed by atoms with E-state index in [-0.39, 0.29) is 17.4 Å². The van der Waals surface area contributed by atoms with Crippen LogP contribution in [0.5, 0.6) is 11.6 Å². The van der Waals surface area contributed by atoms with Crippen molar-refractivity contribution in [2.45, 2.75) is 20.8 Å². The molecule has 7 nitrogen and oxygen atoms in total. The highest BCUT2D eigenvalue weighted by atomic mass is 16.6. The molecule has 1 heterocycles. The van der Waals surface area contributed by atoms with Crippen LogP contribution in [0.1, 0.15) is 18.1 Å². The molecule has 7 heteroatoms. The van der Waals surface area contributed by atoms with Gasteiger partial charge in [-0.15, -0.1) is 0 Å². The average Bonchev–Trinajstić information content (AvgIpc) is 2.64. The maximum absolute atomic E-state index is 11.8. The second kappa shape index (κ2) is 7.82. The van der Waals surface area contributed by atoms with Crippen LogP contribution in [0.25, 0.3) is 0 Å². The summed E-state index contributed by atoms with van der Waals surface area (Å²) in [6.07, 6.45) is 1.28. The first-order chi connectivity index (χ1) is 13.0. The first-order valence-electron chi connectivity index (χ1n) is 8.57. The quantitative estimate of drug-likeness (QED) is 0.454. The summed E-state index contributed by atoms with van der Waals surface area (Å²) in [4.78, 5) is 21.3. The van der Waals surface area contributed by atoms with Gasteiger partial charge in [0.1, 0.15) is 12.1 Å². The molecule has 0 aliphatic carbocycles. The smallest absolute Gasteiger partial charge is 0.373 e. The van der Waals surface area contributed by atoms with Crippen LogP contribution in [0.4, 0.5) is 17.2 Å². The molecule has 0 aliphatic rings. The molecule has 0 radical (unpaired) electrons. The number of ether oxygens (including phenoxy) is 1. The summed E-state index contributed by atoms with van der Waals surface area (Å²) in [7, 11) is 0. The molecule has 0 unspecified atom stereocenters. The van der Waals surface area contributed by atoms with Crippen molar-refractivity contribution >= 4 is 17.2 Å². The molecule has 1 aromatic heterocycles. The molecule has 0 atom stereocenters. The van der Waals surface area contributed by atoms with Crippen molar-refractivity contribution in [3.8, 4) is 11.6 Å². The van der Waals surface area contributed by atoms with E-state index in [1.807, 2.05) is 57.2 Å². The van der Waals surface area contributed by atoms with Crippen molar-refractivity contribution in [3.63, 3.8) is 0 Å². The molecule has 0 aliphatic heterocycles. The fourth-order valence-electron chi connectivity index (χ4n) is 2.75. The van der Waals surface area contributed by atoms with Gasteiger partial charge in [0, 0.05) is 12.2 Å². The summed E-state index contributed by atoms with van der Waals surface area (Å²) >= 11 is 0. The van der Waals surface area contributed by atoms with E-state index >= 15 is 0 Å². The number of aromatic nitrogens is 2. The molecular weight excluding hydrogens is 344 g/mol. The van der Waals surface area contributed by atoms with Crippen LogP contribution in [-0.4, -0.2) is 21.4 Å². The van der Waals surface area contributed by atoms with Gasteiger partial charge in [0.15, 0.2) is 0 Å². The van der Waals surface area contributed by atoms with Gasteiger partial charge in [-0.1, -0.05) is 29.8 Å². The van der Waals surface area contributed by atoms with E-state index in [0.29, 0.717) is 12.3 Å². The Morgan fingerprint density at radius 3 is 2.44 bits per heavy atom. The average molecular weight is 364 g/mol. The summed E-state index contributed by atoms with van der Waals surface area (Å²) in [6, 6.07) is 15.0. The zero-order chi connectivity index (χ0) is 19.4. The Morgan fingerprint density at radius 2 is 1.81 bits per heavy atom. The van der Waals surface area contributed by atoms with Gasteiger partial charge in [0.2, 0.25) is 5.82 Å². The Labute approximate surface area is 157 Å². The zero-order valence-electron chi connectivity index (χ0n) is 15.4. The van der Waals surface area contributed by atoms with Crippen molar-refractivity contribution in [2.75, 3.05) is 11.4 Å². The number of rotatable bonds is 6. The maximum atomic E-state index is 11.8. The third-order valence-electron chi connectivity index (χ3n) is 4.07. The minimum absolute atomic E-state index is 0.0834. The third kappa shape index (κ3) is 4.03. The molecule has 0 fully saturated rings. The SMILES string of the molecule is CCN(c1cccc(C)c1)c1ncnc(Oc2ccc(C)cc2)c1[N+](=O)[O-]. The number of nitro groups is 1. The van der Waals surface area contributed by atoms with E-state index in [0.717, 1.165) is 16.8 Å². The Balaban J connectivity index is 2.07. The van der Waals surface area contributed by atoms with E-state index in [4.69, 9.17) is 4.74 Å². The molecule has 3 aromatic rings. The summed E-state index contributed by atoms with van der Waals surface area (Å²) in [5, 5.41) is 11.8. The summed E-state index contributed by atoms with van der Waals surface area (Å²) < 4.78 is 5.70. The number of hydrogen-bond acceptors (Lipinski definition) is 6.